The van der Waals surface area contributed by atoms with Gasteiger partial charge in [0.15, 0.2) is 0 Å². The molecule has 2 fully saturated rings. The van der Waals surface area contributed by atoms with Gasteiger partial charge in [-0.05, 0) is 60.2 Å². The minimum atomic E-state index is -0.0235. The number of aliphatic hydroxyl groups excluding tert-OH is 1. The molecule has 1 amide bonds. The molecule has 2 aliphatic heterocycles. The van der Waals surface area contributed by atoms with Crippen LogP contribution in [0.1, 0.15) is 49.3 Å². The number of aliphatic hydroxyl groups is 1. The molecule has 1 aliphatic carbocycles. The maximum Gasteiger partial charge on any atom is 0.226 e. The van der Waals surface area contributed by atoms with E-state index in [1.165, 1.54) is 0 Å². The minimum absolute atomic E-state index is 0.0184. The number of nitriles is 1. The summed E-state index contributed by atoms with van der Waals surface area (Å²) in [4.78, 5) is 15.4. The Morgan fingerprint density at radius 3 is 2.53 bits per heavy atom. The Labute approximate surface area is 177 Å². The molecule has 3 atom stereocenters. The molecule has 2 N–H and O–H groups in total. The summed E-state index contributed by atoms with van der Waals surface area (Å²) >= 11 is 0. The molecule has 0 radical (unpaired) electrons. The summed E-state index contributed by atoms with van der Waals surface area (Å²) in [6, 6.07) is 16.1. The largest absolute Gasteiger partial charge is 0.394 e. The number of rotatable bonds is 3. The first kappa shape index (κ1) is 19.1. The van der Waals surface area contributed by atoms with Gasteiger partial charge < -0.3 is 15.3 Å². The van der Waals surface area contributed by atoms with Crippen LogP contribution in [0.5, 0.6) is 0 Å². The lowest BCUT2D eigenvalue weighted by Gasteiger charge is -2.40. The van der Waals surface area contributed by atoms with Gasteiger partial charge in [-0.1, -0.05) is 31.0 Å². The number of benzene rings is 2. The van der Waals surface area contributed by atoms with E-state index in [9.17, 15) is 9.90 Å². The lowest BCUT2D eigenvalue weighted by molar-refractivity contribution is -0.136. The van der Waals surface area contributed by atoms with Gasteiger partial charge in [0, 0.05) is 24.1 Å². The summed E-state index contributed by atoms with van der Waals surface area (Å²) in [5.41, 5.74) is 4.95. The molecule has 0 aromatic heterocycles. The van der Waals surface area contributed by atoms with Crippen molar-refractivity contribution in [2.75, 3.05) is 18.5 Å². The van der Waals surface area contributed by atoms with E-state index in [-0.39, 0.29) is 30.5 Å². The standard InChI is InChI=1S/C25H27N3O2/c26-14-16-5-7-17(8-6-16)19-9-10-22-21(13-19)24-20(23(15-29)27-22)11-12-28(24)25(30)18-3-1-2-4-18/h5-10,13,18,20,23-24,27,29H,1-4,11-12,15H2/t20-,23+,24-/m0/s1. The van der Waals surface area contributed by atoms with E-state index >= 15 is 0 Å². The number of fused-ring (bicyclic) bond motifs is 3. The van der Waals surface area contributed by atoms with Gasteiger partial charge in [0.25, 0.3) is 0 Å². The van der Waals surface area contributed by atoms with Gasteiger partial charge >= 0.3 is 0 Å². The molecular formula is C25H27N3O2. The molecule has 0 unspecified atom stereocenters. The lowest BCUT2D eigenvalue weighted by atomic mass is 9.82. The molecule has 5 nitrogen and oxygen atoms in total. The summed E-state index contributed by atoms with van der Waals surface area (Å²) in [6.45, 7) is 0.840. The van der Waals surface area contributed by atoms with Crippen molar-refractivity contribution in [2.45, 2.75) is 44.2 Å². The Hall–Kier alpha value is -2.84. The number of carbonyl (C=O) groups excluding carboxylic acids is 1. The van der Waals surface area contributed by atoms with Gasteiger partial charge in [-0.3, -0.25) is 4.79 Å². The number of hydrogen-bond acceptors (Lipinski definition) is 4. The van der Waals surface area contributed by atoms with Crippen molar-refractivity contribution in [1.82, 2.24) is 4.90 Å². The molecule has 5 heteroatoms. The zero-order chi connectivity index (χ0) is 20.7. The van der Waals surface area contributed by atoms with Gasteiger partial charge in [0.2, 0.25) is 5.91 Å². The summed E-state index contributed by atoms with van der Waals surface area (Å²) < 4.78 is 0. The third-order valence-corrected chi connectivity index (χ3v) is 7.20. The zero-order valence-corrected chi connectivity index (χ0v) is 17.1. The fourth-order valence-electron chi connectivity index (χ4n) is 5.63. The Kier molecular flexibility index (Phi) is 4.96. The molecule has 154 valence electrons. The van der Waals surface area contributed by atoms with Crippen LogP contribution >= 0.6 is 0 Å². The molecule has 1 saturated carbocycles. The Morgan fingerprint density at radius 1 is 1.10 bits per heavy atom. The molecule has 30 heavy (non-hydrogen) atoms. The summed E-state index contributed by atoms with van der Waals surface area (Å²) in [6.07, 6.45) is 5.23. The number of carbonyl (C=O) groups is 1. The summed E-state index contributed by atoms with van der Waals surface area (Å²) in [5, 5.41) is 22.6. The van der Waals surface area contributed by atoms with Crippen molar-refractivity contribution in [2.24, 2.45) is 11.8 Å². The fraction of sp³-hybridized carbons (Fsp3) is 0.440. The van der Waals surface area contributed by atoms with Crippen molar-refractivity contribution in [3.05, 3.63) is 53.6 Å². The minimum Gasteiger partial charge on any atom is -0.394 e. The molecule has 3 aliphatic rings. The number of likely N-dealkylation sites (tertiary alicyclic amines) is 1. The molecule has 0 bridgehead atoms. The second kappa shape index (κ2) is 7.77. The Bertz CT molecular complexity index is 988. The zero-order valence-electron chi connectivity index (χ0n) is 17.1. The third-order valence-electron chi connectivity index (χ3n) is 7.20. The van der Waals surface area contributed by atoms with Crippen LogP contribution in [0.2, 0.25) is 0 Å². The number of nitrogens with one attached hydrogen (secondary N) is 1. The fourth-order valence-corrected chi connectivity index (χ4v) is 5.63. The van der Waals surface area contributed by atoms with Crippen LogP contribution in [-0.4, -0.2) is 35.1 Å². The quantitative estimate of drug-likeness (QED) is 0.812. The predicted molar refractivity (Wildman–Crippen MR) is 116 cm³/mol. The van der Waals surface area contributed by atoms with Crippen molar-refractivity contribution >= 4 is 11.6 Å². The van der Waals surface area contributed by atoms with Crippen molar-refractivity contribution in [3.63, 3.8) is 0 Å². The van der Waals surface area contributed by atoms with Gasteiger partial charge in [-0.2, -0.15) is 5.26 Å². The average molecular weight is 402 g/mol. The second-order valence-corrected chi connectivity index (χ2v) is 8.83. The number of amides is 1. The van der Waals surface area contributed by atoms with Crippen LogP contribution < -0.4 is 5.32 Å². The Morgan fingerprint density at radius 2 is 1.83 bits per heavy atom. The van der Waals surface area contributed by atoms with Crippen LogP contribution in [0.15, 0.2) is 42.5 Å². The molecule has 0 spiro atoms. The van der Waals surface area contributed by atoms with E-state index in [4.69, 9.17) is 5.26 Å². The Balaban J connectivity index is 1.53. The predicted octanol–water partition coefficient (Wildman–Crippen LogP) is 4.09. The third kappa shape index (κ3) is 3.16. The highest BCUT2D eigenvalue weighted by atomic mass is 16.3. The van der Waals surface area contributed by atoms with Crippen molar-refractivity contribution in [1.29, 1.82) is 5.26 Å². The smallest absolute Gasteiger partial charge is 0.226 e. The number of hydrogen-bond donors (Lipinski definition) is 2. The van der Waals surface area contributed by atoms with E-state index in [2.05, 4.69) is 34.5 Å². The SMILES string of the molecule is N#Cc1ccc(-c2ccc3c(c2)[C@@H]2[C@@H](CCN2C(=O)C2CCCC2)[C@@H](CO)N3)cc1. The first-order valence-corrected chi connectivity index (χ1v) is 11.0. The maximum atomic E-state index is 13.3. The lowest BCUT2D eigenvalue weighted by Crippen LogP contribution is -2.44. The van der Waals surface area contributed by atoms with Crippen LogP contribution in [0.3, 0.4) is 0 Å². The highest BCUT2D eigenvalue weighted by Gasteiger charge is 2.47. The van der Waals surface area contributed by atoms with Gasteiger partial charge in [-0.25, -0.2) is 0 Å². The van der Waals surface area contributed by atoms with Crippen molar-refractivity contribution in [3.8, 4) is 17.2 Å². The van der Waals surface area contributed by atoms with Crippen LogP contribution in [0.4, 0.5) is 5.69 Å². The molecule has 2 aromatic rings. The van der Waals surface area contributed by atoms with Crippen LogP contribution in [0.25, 0.3) is 11.1 Å². The van der Waals surface area contributed by atoms with Gasteiger partial charge in [0.1, 0.15) is 0 Å². The van der Waals surface area contributed by atoms with E-state index in [1.54, 1.807) is 0 Å². The first-order chi connectivity index (χ1) is 14.7. The topological polar surface area (TPSA) is 76.4 Å². The van der Waals surface area contributed by atoms with E-state index in [0.717, 1.165) is 61.0 Å². The second-order valence-electron chi connectivity index (χ2n) is 8.83. The highest BCUT2D eigenvalue weighted by molar-refractivity contribution is 5.81. The molecule has 5 rings (SSSR count). The molecule has 2 heterocycles. The van der Waals surface area contributed by atoms with E-state index in [0.29, 0.717) is 11.5 Å². The first-order valence-electron chi connectivity index (χ1n) is 11.0. The summed E-state index contributed by atoms with van der Waals surface area (Å²) in [5.74, 6) is 0.689. The van der Waals surface area contributed by atoms with Gasteiger partial charge in [-0.15, -0.1) is 0 Å². The number of nitrogens with zero attached hydrogens (tertiary/aromatic N) is 2. The summed E-state index contributed by atoms with van der Waals surface area (Å²) in [7, 11) is 0. The van der Waals surface area contributed by atoms with E-state index < -0.39 is 0 Å². The van der Waals surface area contributed by atoms with Crippen LogP contribution in [-0.2, 0) is 4.79 Å². The molecular weight excluding hydrogens is 374 g/mol. The van der Waals surface area contributed by atoms with Crippen LogP contribution in [0, 0.1) is 23.2 Å². The maximum absolute atomic E-state index is 13.3. The molecule has 1 saturated heterocycles. The number of anilines is 1. The highest BCUT2D eigenvalue weighted by Crippen LogP contribution is 2.48. The van der Waals surface area contributed by atoms with Gasteiger partial charge in [0.05, 0.1) is 30.3 Å². The van der Waals surface area contributed by atoms with Crippen molar-refractivity contribution < 1.29 is 9.90 Å². The average Bonchev–Trinajstić information content (AvgIpc) is 3.48. The normalized spacial score (nSPS) is 25.3. The van der Waals surface area contributed by atoms with E-state index in [1.807, 2.05) is 24.3 Å². The monoisotopic (exact) mass is 401 g/mol. The molecule has 2 aromatic carbocycles.